The molecule has 37 heavy (non-hydrogen) atoms. The smallest absolute Gasteiger partial charge is 0.338 e. The molecule has 10 nitrogen and oxygen atoms in total. The van der Waals surface area contributed by atoms with Crippen molar-refractivity contribution < 1.29 is 22.7 Å². The molecule has 2 aromatic heterocycles. The van der Waals surface area contributed by atoms with Crippen molar-refractivity contribution in [2.24, 2.45) is 0 Å². The first-order valence-corrected chi connectivity index (χ1v) is 12.8. The molecule has 0 aliphatic carbocycles. The van der Waals surface area contributed by atoms with Crippen molar-refractivity contribution in [3.8, 4) is 11.4 Å². The van der Waals surface area contributed by atoms with Gasteiger partial charge in [0, 0.05) is 23.1 Å². The minimum atomic E-state index is -3.84. The normalized spacial score (nSPS) is 12.0. The summed E-state index contributed by atoms with van der Waals surface area (Å²) in [5, 5.41) is 2.61. The summed E-state index contributed by atoms with van der Waals surface area (Å²) in [4.78, 5) is 36.6. The van der Waals surface area contributed by atoms with Crippen LogP contribution in [0.3, 0.4) is 0 Å². The molecular weight excluding hydrogens is 494 g/mol. The van der Waals surface area contributed by atoms with Crippen molar-refractivity contribution in [2.45, 2.75) is 31.8 Å². The number of nitrogens with one attached hydrogen (secondary N) is 3. The Morgan fingerprint density at radius 1 is 0.973 bits per heavy atom. The highest BCUT2D eigenvalue weighted by Gasteiger charge is 2.20. The second-order valence-corrected chi connectivity index (χ2v) is 9.94. The summed E-state index contributed by atoms with van der Waals surface area (Å²) < 4.78 is 32.7. The number of H-pyrrole nitrogens is 1. The third kappa shape index (κ3) is 6.19. The molecule has 0 fully saturated rings. The molecule has 0 bridgehead atoms. The van der Waals surface area contributed by atoms with E-state index in [1.54, 1.807) is 36.4 Å². The number of esters is 1. The summed E-state index contributed by atoms with van der Waals surface area (Å²) in [7, 11) is -3.84. The number of amides is 1. The number of carbonyl (C=O) groups is 2. The quantitative estimate of drug-likeness (QED) is 0.298. The van der Waals surface area contributed by atoms with Crippen LogP contribution >= 0.6 is 0 Å². The average Bonchev–Trinajstić information content (AvgIpc) is 3.22. The second kappa shape index (κ2) is 10.6. The molecule has 2 aromatic carbocycles. The van der Waals surface area contributed by atoms with Gasteiger partial charge in [0.2, 0.25) is 0 Å². The van der Waals surface area contributed by atoms with E-state index in [0.717, 1.165) is 17.0 Å². The first kappa shape index (κ1) is 25.6. The number of aryl methyl sites for hydroxylation is 2. The van der Waals surface area contributed by atoms with Gasteiger partial charge < -0.3 is 15.0 Å². The van der Waals surface area contributed by atoms with Crippen LogP contribution in [0.5, 0.6) is 0 Å². The third-order valence-electron chi connectivity index (χ3n) is 5.51. The van der Waals surface area contributed by atoms with E-state index in [1.807, 2.05) is 13.8 Å². The maximum atomic E-state index is 12.5. The number of aromatic nitrogens is 3. The fourth-order valence-electron chi connectivity index (χ4n) is 3.31. The van der Waals surface area contributed by atoms with Gasteiger partial charge in [-0.2, -0.15) is 0 Å². The third-order valence-corrected chi connectivity index (χ3v) is 6.88. The van der Waals surface area contributed by atoms with Crippen molar-refractivity contribution in [1.29, 1.82) is 0 Å². The maximum absolute atomic E-state index is 12.5. The van der Waals surface area contributed by atoms with Gasteiger partial charge in [0.05, 0.1) is 16.2 Å². The van der Waals surface area contributed by atoms with E-state index in [9.17, 15) is 18.0 Å². The highest BCUT2D eigenvalue weighted by atomic mass is 32.2. The molecule has 0 spiro atoms. The van der Waals surface area contributed by atoms with E-state index < -0.39 is 28.0 Å². The molecule has 0 aliphatic heterocycles. The molecule has 1 atom stereocenters. The van der Waals surface area contributed by atoms with Gasteiger partial charge in [0.25, 0.3) is 15.9 Å². The fraction of sp³-hybridized carbons (Fsp3) is 0.154. The number of hydrogen-bond acceptors (Lipinski definition) is 7. The Morgan fingerprint density at radius 2 is 1.68 bits per heavy atom. The standard InChI is InChI=1S/C26H25N5O5S/c1-16-17(2)29-24(28-16)19-7-9-20(10-8-19)26(33)36-18(3)25(32)30-21-11-13-22(14-12-21)37(34,35)31-23-6-4-5-15-27-23/h4-15,18H,1-3H3,(H,27,31)(H,28,29)(H,30,32). The maximum Gasteiger partial charge on any atom is 0.338 e. The van der Waals surface area contributed by atoms with Crippen molar-refractivity contribution in [1.82, 2.24) is 15.0 Å². The zero-order valence-corrected chi connectivity index (χ0v) is 21.2. The molecule has 2 heterocycles. The molecular formula is C26H25N5O5S. The number of rotatable bonds is 8. The Bertz CT molecular complexity index is 1500. The van der Waals surface area contributed by atoms with Crippen molar-refractivity contribution in [3.63, 3.8) is 0 Å². The van der Waals surface area contributed by atoms with Gasteiger partial charge in [-0.15, -0.1) is 0 Å². The molecule has 0 radical (unpaired) electrons. The molecule has 0 saturated carbocycles. The van der Waals surface area contributed by atoms with Gasteiger partial charge in [-0.3, -0.25) is 9.52 Å². The Morgan fingerprint density at radius 3 is 2.27 bits per heavy atom. The van der Waals surface area contributed by atoms with Crippen LogP contribution in [0.2, 0.25) is 0 Å². The minimum absolute atomic E-state index is 0.000977. The van der Waals surface area contributed by atoms with Gasteiger partial charge in [0.15, 0.2) is 6.10 Å². The highest BCUT2D eigenvalue weighted by molar-refractivity contribution is 7.92. The van der Waals surface area contributed by atoms with Gasteiger partial charge in [-0.1, -0.05) is 18.2 Å². The summed E-state index contributed by atoms with van der Waals surface area (Å²) in [6.07, 6.45) is 0.388. The van der Waals surface area contributed by atoms with Crippen LogP contribution in [0.4, 0.5) is 11.5 Å². The Balaban J connectivity index is 1.34. The largest absolute Gasteiger partial charge is 0.449 e. The summed E-state index contributed by atoms with van der Waals surface area (Å²) in [6.45, 7) is 5.29. The number of imidazole rings is 1. The summed E-state index contributed by atoms with van der Waals surface area (Å²) in [5.74, 6) is -0.318. The molecule has 0 saturated heterocycles. The first-order valence-electron chi connectivity index (χ1n) is 11.3. The number of pyridine rings is 1. The first-order chi connectivity index (χ1) is 17.6. The fourth-order valence-corrected chi connectivity index (χ4v) is 4.32. The Labute approximate surface area is 214 Å². The molecule has 4 aromatic rings. The average molecular weight is 520 g/mol. The van der Waals surface area contributed by atoms with Crippen LogP contribution in [0.1, 0.15) is 28.7 Å². The Hall–Kier alpha value is -4.51. The van der Waals surface area contributed by atoms with Crippen LogP contribution in [0.15, 0.2) is 77.8 Å². The predicted molar refractivity (Wildman–Crippen MR) is 138 cm³/mol. The lowest BCUT2D eigenvalue weighted by molar-refractivity contribution is -0.123. The monoisotopic (exact) mass is 519 g/mol. The van der Waals surface area contributed by atoms with Crippen molar-refractivity contribution in [3.05, 3.63) is 89.9 Å². The summed E-state index contributed by atoms with van der Waals surface area (Å²) in [6, 6.07) is 17.1. The molecule has 4 rings (SSSR count). The number of anilines is 2. The van der Waals surface area contributed by atoms with E-state index in [4.69, 9.17) is 4.74 Å². The summed E-state index contributed by atoms with van der Waals surface area (Å²) >= 11 is 0. The number of carbonyl (C=O) groups excluding carboxylic acids is 2. The molecule has 190 valence electrons. The van der Waals surface area contributed by atoms with Gasteiger partial charge in [-0.05, 0) is 69.3 Å². The van der Waals surface area contributed by atoms with Crippen LogP contribution in [0.25, 0.3) is 11.4 Å². The number of sulfonamides is 1. The van der Waals surface area contributed by atoms with Gasteiger partial charge >= 0.3 is 5.97 Å². The predicted octanol–water partition coefficient (Wildman–Crippen LogP) is 4.07. The number of nitrogens with zero attached hydrogens (tertiary/aromatic N) is 2. The van der Waals surface area contributed by atoms with Crippen LogP contribution in [-0.2, 0) is 19.6 Å². The number of hydrogen-bond donors (Lipinski definition) is 3. The van der Waals surface area contributed by atoms with Crippen LogP contribution in [-0.4, -0.2) is 41.4 Å². The minimum Gasteiger partial charge on any atom is -0.449 e. The number of ether oxygens (including phenoxy) is 1. The van der Waals surface area contributed by atoms with E-state index in [-0.39, 0.29) is 10.7 Å². The number of benzene rings is 2. The lowest BCUT2D eigenvalue weighted by Gasteiger charge is -2.14. The molecule has 11 heteroatoms. The lowest BCUT2D eigenvalue weighted by Crippen LogP contribution is -2.30. The Kier molecular flexibility index (Phi) is 7.35. The molecule has 0 aliphatic rings. The van der Waals surface area contributed by atoms with Crippen LogP contribution in [0, 0.1) is 13.8 Å². The van der Waals surface area contributed by atoms with E-state index in [0.29, 0.717) is 17.1 Å². The van der Waals surface area contributed by atoms with Crippen molar-refractivity contribution >= 4 is 33.4 Å². The SMILES string of the molecule is Cc1nc(-c2ccc(C(=O)OC(C)C(=O)Nc3ccc(S(=O)(=O)Nc4ccccn4)cc3)cc2)[nH]c1C. The second-order valence-electron chi connectivity index (χ2n) is 8.25. The van der Waals surface area contributed by atoms with Crippen molar-refractivity contribution in [2.75, 3.05) is 10.0 Å². The highest BCUT2D eigenvalue weighted by Crippen LogP contribution is 2.20. The van der Waals surface area contributed by atoms with E-state index in [1.165, 1.54) is 43.5 Å². The molecule has 1 unspecified atom stereocenters. The van der Waals surface area contributed by atoms with Gasteiger partial charge in [0.1, 0.15) is 11.6 Å². The summed E-state index contributed by atoms with van der Waals surface area (Å²) in [5.41, 5.74) is 3.32. The zero-order valence-electron chi connectivity index (χ0n) is 20.3. The van der Waals surface area contributed by atoms with E-state index >= 15 is 0 Å². The molecule has 1 amide bonds. The van der Waals surface area contributed by atoms with Crippen LogP contribution < -0.4 is 10.0 Å². The van der Waals surface area contributed by atoms with E-state index in [2.05, 4.69) is 25.0 Å². The number of aromatic amines is 1. The topological polar surface area (TPSA) is 143 Å². The zero-order chi connectivity index (χ0) is 26.6. The lowest BCUT2D eigenvalue weighted by atomic mass is 10.1. The molecule has 3 N–H and O–H groups in total. The van der Waals surface area contributed by atoms with Gasteiger partial charge in [-0.25, -0.2) is 23.2 Å².